The summed E-state index contributed by atoms with van der Waals surface area (Å²) in [5.41, 5.74) is 1.47. The largest absolute Gasteiger partial charge is 0.454 e. The first kappa shape index (κ1) is 16.6. The van der Waals surface area contributed by atoms with Crippen LogP contribution in [0, 0.1) is 0 Å². The zero-order valence-corrected chi connectivity index (χ0v) is 13.4. The van der Waals surface area contributed by atoms with Crippen LogP contribution in [-0.4, -0.2) is 25.0 Å². The van der Waals surface area contributed by atoms with E-state index in [1.54, 1.807) is 12.1 Å². The minimum atomic E-state index is -2.47. The first-order valence-corrected chi connectivity index (χ1v) is 8.21. The monoisotopic (exact) mass is 351 g/mol. The van der Waals surface area contributed by atoms with Crippen molar-refractivity contribution in [1.29, 1.82) is 0 Å². The Balaban J connectivity index is 1.50. The molecular weight excluding hydrogens is 336 g/mol. The van der Waals surface area contributed by atoms with Gasteiger partial charge < -0.3 is 14.8 Å². The van der Waals surface area contributed by atoms with Crippen molar-refractivity contribution in [3.05, 3.63) is 53.6 Å². The minimum absolute atomic E-state index is 0.232. The SMILES string of the molecule is O=C(NCCc1ccc2c(c1)OCO2)c1ccc(SC(F)F)cc1. The van der Waals surface area contributed by atoms with Crippen LogP contribution in [0.5, 0.6) is 11.5 Å². The summed E-state index contributed by atoms with van der Waals surface area (Å²) in [6.45, 7) is 0.696. The lowest BCUT2D eigenvalue weighted by Gasteiger charge is -2.07. The molecule has 1 amide bonds. The highest BCUT2D eigenvalue weighted by Gasteiger charge is 2.13. The van der Waals surface area contributed by atoms with E-state index < -0.39 is 5.76 Å². The number of hydrogen-bond donors (Lipinski definition) is 1. The molecular formula is C17H15F2NO3S. The molecule has 0 unspecified atom stereocenters. The molecule has 2 aromatic carbocycles. The average molecular weight is 351 g/mol. The topological polar surface area (TPSA) is 47.6 Å². The van der Waals surface area contributed by atoms with Gasteiger partial charge in [0.2, 0.25) is 6.79 Å². The maximum atomic E-state index is 12.3. The van der Waals surface area contributed by atoms with E-state index in [0.717, 1.165) is 11.3 Å². The smallest absolute Gasteiger partial charge is 0.288 e. The molecule has 126 valence electrons. The summed E-state index contributed by atoms with van der Waals surface area (Å²) < 4.78 is 35.1. The standard InChI is InChI=1S/C17H15F2NO3S/c18-17(19)24-13-4-2-12(3-5-13)16(21)20-8-7-11-1-6-14-15(9-11)23-10-22-14/h1-6,9,17H,7-8,10H2,(H,20,21). The van der Waals surface area contributed by atoms with E-state index in [2.05, 4.69) is 5.32 Å². The van der Waals surface area contributed by atoms with E-state index in [4.69, 9.17) is 9.47 Å². The molecule has 1 aliphatic heterocycles. The lowest BCUT2D eigenvalue weighted by atomic mass is 10.1. The highest BCUT2D eigenvalue weighted by Crippen LogP contribution is 2.32. The summed E-state index contributed by atoms with van der Waals surface area (Å²) in [5, 5.41) is 2.81. The van der Waals surface area contributed by atoms with Gasteiger partial charge in [0.25, 0.3) is 11.7 Å². The molecule has 3 rings (SSSR count). The van der Waals surface area contributed by atoms with Crippen molar-refractivity contribution in [2.24, 2.45) is 0 Å². The van der Waals surface area contributed by atoms with Gasteiger partial charge in [-0.3, -0.25) is 4.79 Å². The van der Waals surface area contributed by atoms with Gasteiger partial charge in [0.15, 0.2) is 11.5 Å². The average Bonchev–Trinajstić information content (AvgIpc) is 3.02. The number of hydrogen-bond acceptors (Lipinski definition) is 4. The van der Waals surface area contributed by atoms with Crippen molar-refractivity contribution < 1.29 is 23.0 Å². The third-order valence-corrected chi connectivity index (χ3v) is 4.20. The number of benzene rings is 2. The summed E-state index contributed by atoms with van der Waals surface area (Å²) in [6.07, 6.45) is 0.654. The fourth-order valence-electron chi connectivity index (χ4n) is 2.31. The van der Waals surface area contributed by atoms with E-state index in [1.165, 1.54) is 12.1 Å². The summed E-state index contributed by atoms with van der Waals surface area (Å²) in [5.74, 6) is -1.26. The Kier molecular flexibility index (Phi) is 5.20. The third kappa shape index (κ3) is 4.17. The predicted octanol–water partition coefficient (Wildman–Crippen LogP) is 3.70. The lowest BCUT2D eigenvalue weighted by Crippen LogP contribution is -2.25. The van der Waals surface area contributed by atoms with Crippen LogP contribution in [0.4, 0.5) is 8.78 Å². The number of carbonyl (C=O) groups excluding carboxylic acids is 1. The molecule has 24 heavy (non-hydrogen) atoms. The first-order chi connectivity index (χ1) is 11.6. The van der Waals surface area contributed by atoms with Crippen molar-refractivity contribution in [2.45, 2.75) is 17.1 Å². The maximum Gasteiger partial charge on any atom is 0.288 e. The van der Waals surface area contributed by atoms with Gasteiger partial charge in [-0.2, -0.15) is 8.78 Å². The van der Waals surface area contributed by atoms with E-state index in [-0.39, 0.29) is 12.7 Å². The molecule has 1 heterocycles. The number of nitrogens with one attached hydrogen (secondary N) is 1. The van der Waals surface area contributed by atoms with Crippen molar-refractivity contribution in [3.8, 4) is 11.5 Å². The Bertz CT molecular complexity index is 722. The van der Waals surface area contributed by atoms with Crippen LogP contribution in [0.1, 0.15) is 15.9 Å². The number of alkyl halides is 2. The molecule has 0 spiro atoms. The van der Waals surface area contributed by atoms with Crippen molar-refractivity contribution >= 4 is 17.7 Å². The Hall–Kier alpha value is -2.28. The first-order valence-electron chi connectivity index (χ1n) is 7.33. The molecule has 4 nitrogen and oxygen atoms in total. The van der Waals surface area contributed by atoms with Crippen molar-refractivity contribution in [3.63, 3.8) is 0 Å². The normalized spacial score (nSPS) is 12.5. The molecule has 1 aliphatic rings. The lowest BCUT2D eigenvalue weighted by molar-refractivity contribution is 0.0954. The van der Waals surface area contributed by atoms with Gasteiger partial charge in [-0.05, 0) is 48.4 Å². The van der Waals surface area contributed by atoms with Crippen LogP contribution in [-0.2, 0) is 6.42 Å². The summed E-state index contributed by atoms with van der Waals surface area (Å²) >= 11 is 0.457. The van der Waals surface area contributed by atoms with Gasteiger partial charge in [0.1, 0.15) is 0 Å². The predicted molar refractivity (Wildman–Crippen MR) is 86.9 cm³/mol. The van der Waals surface area contributed by atoms with Crippen LogP contribution in [0.25, 0.3) is 0 Å². The Morgan fingerprint density at radius 2 is 1.88 bits per heavy atom. The molecule has 0 aliphatic carbocycles. The quantitative estimate of drug-likeness (QED) is 0.806. The van der Waals surface area contributed by atoms with E-state index in [9.17, 15) is 13.6 Å². The second kappa shape index (κ2) is 7.53. The number of halogens is 2. The molecule has 0 saturated carbocycles. The Labute approximate surface area is 142 Å². The number of ether oxygens (including phenoxy) is 2. The van der Waals surface area contributed by atoms with Gasteiger partial charge in [0, 0.05) is 17.0 Å². The fourth-order valence-corrected chi connectivity index (χ4v) is 2.81. The zero-order chi connectivity index (χ0) is 16.9. The van der Waals surface area contributed by atoms with Gasteiger partial charge in [0.05, 0.1) is 0 Å². The van der Waals surface area contributed by atoms with Gasteiger partial charge in [-0.25, -0.2) is 0 Å². The van der Waals surface area contributed by atoms with Crippen LogP contribution < -0.4 is 14.8 Å². The highest BCUT2D eigenvalue weighted by atomic mass is 32.2. The zero-order valence-electron chi connectivity index (χ0n) is 12.6. The van der Waals surface area contributed by atoms with Crippen LogP contribution in [0.3, 0.4) is 0 Å². The second-order valence-electron chi connectivity index (χ2n) is 5.10. The summed E-state index contributed by atoms with van der Waals surface area (Å²) in [6, 6.07) is 11.8. The molecule has 0 radical (unpaired) electrons. The summed E-state index contributed by atoms with van der Waals surface area (Å²) in [7, 11) is 0. The molecule has 1 N–H and O–H groups in total. The van der Waals surface area contributed by atoms with Crippen molar-refractivity contribution in [1.82, 2.24) is 5.32 Å². The minimum Gasteiger partial charge on any atom is -0.454 e. The van der Waals surface area contributed by atoms with E-state index in [1.807, 2.05) is 18.2 Å². The molecule has 0 fully saturated rings. The van der Waals surface area contributed by atoms with E-state index in [0.29, 0.717) is 40.9 Å². The Morgan fingerprint density at radius 3 is 2.62 bits per heavy atom. The number of amides is 1. The third-order valence-electron chi connectivity index (χ3n) is 3.48. The van der Waals surface area contributed by atoms with Crippen LogP contribution in [0.2, 0.25) is 0 Å². The number of rotatable bonds is 6. The van der Waals surface area contributed by atoms with Gasteiger partial charge in [-0.1, -0.05) is 17.8 Å². The molecule has 0 atom stereocenters. The molecule has 0 bridgehead atoms. The fraction of sp³-hybridized carbons (Fsp3) is 0.235. The van der Waals surface area contributed by atoms with Gasteiger partial charge >= 0.3 is 0 Å². The maximum absolute atomic E-state index is 12.3. The Morgan fingerprint density at radius 1 is 1.12 bits per heavy atom. The molecule has 2 aromatic rings. The molecule has 0 saturated heterocycles. The van der Waals surface area contributed by atoms with E-state index >= 15 is 0 Å². The van der Waals surface area contributed by atoms with Crippen LogP contribution >= 0.6 is 11.8 Å². The second-order valence-corrected chi connectivity index (χ2v) is 6.16. The van der Waals surface area contributed by atoms with Crippen molar-refractivity contribution in [2.75, 3.05) is 13.3 Å². The number of thioether (sulfide) groups is 1. The summed E-state index contributed by atoms with van der Waals surface area (Å²) in [4.78, 5) is 12.5. The highest BCUT2D eigenvalue weighted by molar-refractivity contribution is 7.99. The number of carbonyl (C=O) groups is 1. The molecule has 7 heteroatoms. The van der Waals surface area contributed by atoms with Gasteiger partial charge in [-0.15, -0.1) is 0 Å². The number of fused-ring (bicyclic) bond motifs is 1. The molecule has 0 aromatic heterocycles. The van der Waals surface area contributed by atoms with Crippen LogP contribution in [0.15, 0.2) is 47.4 Å².